The summed E-state index contributed by atoms with van der Waals surface area (Å²) in [6, 6.07) is 16.3. The molecule has 0 aliphatic carbocycles. The number of aliphatic hydroxyl groups excluding tert-OH is 1. The van der Waals surface area contributed by atoms with Gasteiger partial charge < -0.3 is 10.8 Å². The van der Waals surface area contributed by atoms with Crippen molar-refractivity contribution in [1.82, 2.24) is 19.7 Å². The molecule has 4 rings (SSSR count). The Labute approximate surface area is 173 Å². The molecule has 0 saturated carbocycles. The van der Waals surface area contributed by atoms with Gasteiger partial charge in [-0.1, -0.05) is 36.1 Å². The molecule has 0 unspecified atom stereocenters. The summed E-state index contributed by atoms with van der Waals surface area (Å²) >= 11 is 0. The number of hydrogen-bond acceptors (Lipinski definition) is 5. The molecule has 7 nitrogen and oxygen atoms in total. The van der Waals surface area contributed by atoms with Crippen LogP contribution in [-0.4, -0.2) is 30.8 Å². The second-order valence-electron chi connectivity index (χ2n) is 5.97. The maximum absolute atomic E-state index is 11.7. The van der Waals surface area contributed by atoms with Gasteiger partial charge in [0.1, 0.15) is 0 Å². The Morgan fingerprint density at radius 3 is 2.53 bits per heavy atom. The van der Waals surface area contributed by atoms with Crippen LogP contribution in [0.3, 0.4) is 0 Å². The summed E-state index contributed by atoms with van der Waals surface area (Å²) in [5.41, 5.74) is 7.83. The van der Waals surface area contributed by atoms with Crippen LogP contribution in [0.5, 0.6) is 0 Å². The van der Waals surface area contributed by atoms with Crippen LogP contribution in [0.1, 0.15) is 28.0 Å². The molecule has 2 heterocycles. The number of rotatable bonds is 3. The molecule has 7 heteroatoms. The number of para-hydroxylation sites is 1. The fourth-order valence-electron chi connectivity index (χ4n) is 2.83. The van der Waals surface area contributed by atoms with Gasteiger partial charge in [0.05, 0.1) is 11.2 Å². The van der Waals surface area contributed by atoms with Crippen molar-refractivity contribution in [2.45, 2.75) is 6.10 Å². The highest BCUT2D eigenvalue weighted by Crippen LogP contribution is 2.22. The van der Waals surface area contributed by atoms with E-state index < -0.39 is 12.0 Å². The highest BCUT2D eigenvalue weighted by molar-refractivity contribution is 6.04. The van der Waals surface area contributed by atoms with E-state index in [0.717, 1.165) is 11.2 Å². The first kappa shape index (κ1) is 20.3. The molecular formula is C23H17N5O2. The predicted molar refractivity (Wildman–Crippen MR) is 113 cm³/mol. The molecule has 3 N–H and O–H groups in total. The van der Waals surface area contributed by atoms with Crippen LogP contribution in [0.15, 0.2) is 67.0 Å². The van der Waals surface area contributed by atoms with E-state index in [2.05, 4.69) is 39.8 Å². The van der Waals surface area contributed by atoms with Gasteiger partial charge in [0.15, 0.2) is 17.6 Å². The van der Waals surface area contributed by atoms with Crippen molar-refractivity contribution >= 4 is 16.8 Å². The zero-order valence-corrected chi connectivity index (χ0v) is 15.8. The Morgan fingerprint density at radius 2 is 1.80 bits per heavy atom. The predicted octanol–water partition coefficient (Wildman–Crippen LogP) is 2.25. The number of nitrogens with two attached hydrogens (primary N) is 1. The zero-order valence-electron chi connectivity index (χ0n) is 15.8. The SMILES string of the molecule is C#C.NC(=O)c1nn(-c2cccc(C#C[C@@H](O)c3ncccn3)c2)c2ccccc12. The molecule has 0 spiro atoms. The van der Waals surface area contributed by atoms with Crippen LogP contribution < -0.4 is 5.73 Å². The standard InChI is InChI=1S/C21H15N5O2.C2H2/c22-20(28)19-16-7-1-2-8-17(16)26(25-19)15-6-3-5-14(13-15)9-10-18(27)21-23-11-4-12-24-21;1-2/h1-8,11-13,18,27H,(H2,22,28);1-2H/t18-;/m1./s1. The van der Waals surface area contributed by atoms with E-state index in [1.807, 2.05) is 42.5 Å². The summed E-state index contributed by atoms with van der Waals surface area (Å²) in [5.74, 6) is 5.31. The summed E-state index contributed by atoms with van der Waals surface area (Å²) in [6.45, 7) is 0. The number of benzene rings is 2. The molecule has 0 bridgehead atoms. The van der Waals surface area contributed by atoms with Crippen molar-refractivity contribution in [1.29, 1.82) is 0 Å². The fourth-order valence-corrected chi connectivity index (χ4v) is 2.83. The molecule has 0 radical (unpaired) electrons. The molecule has 4 aromatic rings. The second kappa shape index (κ2) is 9.16. The molecule has 0 aliphatic rings. The van der Waals surface area contributed by atoms with Crippen LogP contribution >= 0.6 is 0 Å². The van der Waals surface area contributed by atoms with E-state index in [4.69, 9.17) is 5.73 Å². The number of amides is 1. The Hall–Kier alpha value is -4.46. The fraction of sp³-hybridized carbons (Fsp3) is 0.0435. The second-order valence-corrected chi connectivity index (χ2v) is 5.97. The average molecular weight is 395 g/mol. The molecule has 2 aromatic carbocycles. The highest BCUT2D eigenvalue weighted by Gasteiger charge is 2.15. The van der Waals surface area contributed by atoms with Gasteiger partial charge in [-0.2, -0.15) is 5.10 Å². The third kappa shape index (κ3) is 4.17. The molecule has 0 fully saturated rings. The minimum absolute atomic E-state index is 0.212. The number of fused-ring (bicyclic) bond motifs is 1. The van der Waals surface area contributed by atoms with Crippen molar-refractivity contribution in [2.24, 2.45) is 5.73 Å². The molecule has 30 heavy (non-hydrogen) atoms. The van der Waals surface area contributed by atoms with Gasteiger partial charge in [-0.3, -0.25) is 4.79 Å². The molecule has 1 amide bonds. The quantitative estimate of drug-likeness (QED) is 0.518. The molecular weight excluding hydrogens is 378 g/mol. The number of terminal acetylenes is 1. The van der Waals surface area contributed by atoms with E-state index in [-0.39, 0.29) is 11.5 Å². The van der Waals surface area contributed by atoms with Gasteiger partial charge in [-0.25, -0.2) is 14.6 Å². The van der Waals surface area contributed by atoms with Gasteiger partial charge in [-0.05, 0) is 30.3 Å². The normalized spacial score (nSPS) is 10.9. The lowest BCUT2D eigenvalue weighted by atomic mass is 10.1. The number of aliphatic hydroxyl groups is 1. The summed E-state index contributed by atoms with van der Waals surface area (Å²) in [7, 11) is 0. The lowest BCUT2D eigenvalue weighted by Crippen LogP contribution is -2.12. The third-order valence-corrected chi connectivity index (χ3v) is 4.10. The van der Waals surface area contributed by atoms with Crippen LogP contribution in [0, 0.1) is 24.7 Å². The topological polar surface area (TPSA) is 107 Å². The molecule has 0 aliphatic heterocycles. The lowest BCUT2D eigenvalue weighted by Gasteiger charge is -2.04. The van der Waals surface area contributed by atoms with Crippen molar-refractivity contribution in [3.05, 3.63) is 84.1 Å². The summed E-state index contributed by atoms with van der Waals surface area (Å²) in [4.78, 5) is 19.7. The van der Waals surface area contributed by atoms with Crippen LogP contribution in [0.4, 0.5) is 0 Å². The minimum atomic E-state index is -1.09. The maximum Gasteiger partial charge on any atom is 0.269 e. The third-order valence-electron chi connectivity index (χ3n) is 4.10. The smallest absolute Gasteiger partial charge is 0.269 e. The van der Waals surface area contributed by atoms with Gasteiger partial charge in [0.25, 0.3) is 5.91 Å². The first-order valence-electron chi connectivity index (χ1n) is 8.81. The number of carbonyl (C=O) groups is 1. The lowest BCUT2D eigenvalue weighted by molar-refractivity contribution is 0.0996. The Bertz CT molecular complexity index is 1270. The van der Waals surface area contributed by atoms with Gasteiger partial charge in [0, 0.05) is 23.3 Å². The summed E-state index contributed by atoms with van der Waals surface area (Å²) < 4.78 is 1.65. The van der Waals surface area contributed by atoms with Crippen LogP contribution in [0.25, 0.3) is 16.6 Å². The molecule has 0 saturated heterocycles. The highest BCUT2D eigenvalue weighted by atomic mass is 16.3. The van der Waals surface area contributed by atoms with E-state index in [1.54, 1.807) is 29.2 Å². The van der Waals surface area contributed by atoms with Crippen LogP contribution in [-0.2, 0) is 0 Å². The van der Waals surface area contributed by atoms with Gasteiger partial charge in [-0.15, -0.1) is 12.8 Å². The number of primary amides is 1. The number of aromatic nitrogens is 4. The molecule has 146 valence electrons. The monoisotopic (exact) mass is 395 g/mol. The largest absolute Gasteiger partial charge is 0.373 e. The van der Waals surface area contributed by atoms with E-state index in [0.29, 0.717) is 10.9 Å². The van der Waals surface area contributed by atoms with Crippen LogP contribution in [0.2, 0.25) is 0 Å². The van der Waals surface area contributed by atoms with Crippen molar-refractivity contribution in [2.75, 3.05) is 0 Å². The number of nitrogens with zero attached hydrogens (tertiary/aromatic N) is 4. The molecule has 1 atom stereocenters. The maximum atomic E-state index is 11.7. The minimum Gasteiger partial charge on any atom is -0.373 e. The average Bonchev–Trinajstić information content (AvgIpc) is 3.20. The summed E-state index contributed by atoms with van der Waals surface area (Å²) in [5, 5.41) is 15.2. The number of carbonyl (C=O) groups excluding carboxylic acids is 1. The first-order chi connectivity index (χ1) is 14.6. The zero-order chi connectivity index (χ0) is 21.5. The first-order valence-corrected chi connectivity index (χ1v) is 8.81. The Kier molecular flexibility index (Phi) is 6.19. The van der Waals surface area contributed by atoms with E-state index in [9.17, 15) is 9.90 Å². The van der Waals surface area contributed by atoms with Crippen molar-refractivity contribution < 1.29 is 9.90 Å². The Morgan fingerprint density at radius 1 is 1.07 bits per heavy atom. The Balaban J connectivity index is 0.00000124. The van der Waals surface area contributed by atoms with Gasteiger partial charge >= 0.3 is 0 Å². The van der Waals surface area contributed by atoms with E-state index >= 15 is 0 Å². The van der Waals surface area contributed by atoms with Gasteiger partial charge in [0.2, 0.25) is 0 Å². The molecule has 2 aromatic heterocycles. The summed E-state index contributed by atoms with van der Waals surface area (Å²) in [6.07, 6.45) is 10.0. The van der Waals surface area contributed by atoms with Crippen molar-refractivity contribution in [3.63, 3.8) is 0 Å². The van der Waals surface area contributed by atoms with E-state index in [1.165, 1.54) is 0 Å². The number of hydrogen-bond donors (Lipinski definition) is 2. The van der Waals surface area contributed by atoms with Crippen molar-refractivity contribution in [3.8, 4) is 30.4 Å².